The maximum absolute atomic E-state index is 10.3. The van der Waals surface area contributed by atoms with E-state index in [0.717, 1.165) is 45.3 Å². The molecule has 2 N–H and O–H groups in total. The number of hydrogen-bond donors (Lipinski definition) is 2. The van der Waals surface area contributed by atoms with Gasteiger partial charge in [0.25, 0.3) is 0 Å². The van der Waals surface area contributed by atoms with Gasteiger partial charge in [0, 0.05) is 51.9 Å². The zero-order valence-electron chi connectivity index (χ0n) is 12.6. The molecular formula is C15H30N4O. The number of aliphatic hydroxyl groups is 1. The zero-order valence-corrected chi connectivity index (χ0v) is 12.6. The van der Waals surface area contributed by atoms with Crippen LogP contribution >= 0.6 is 0 Å². The number of nitrogens with zero attached hydrogens (tertiary/aromatic N) is 3. The largest absolute Gasteiger partial charge is 0.390 e. The standard InChI is InChI=1S/C15H30N4O/c20-15(12-17-9-4-16-5-10-17)13-18-8-3-14(11-18)19-6-1-2-7-19/h14-16,20H,1-13H2. The molecule has 2 atom stereocenters. The Morgan fingerprint density at radius 1 is 0.950 bits per heavy atom. The topological polar surface area (TPSA) is 42.0 Å². The van der Waals surface area contributed by atoms with Gasteiger partial charge < -0.3 is 10.4 Å². The second-order valence-corrected chi connectivity index (χ2v) is 6.65. The van der Waals surface area contributed by atoms with Crippen molar-refractivity contribution < 1.29 is 5.11 Å². The lowest BCUT2D eigenvalue weighted by atomic mass is 10.2. The molecule has 3 rings (SSSR count). The van der Waals surface area contributed by atoms with Gasteiger partial charge in [-0.1, -0.05) is 0 Å². The van der Waals surface area contributed by atoms with Gasteiger partial charge in [-0.2, -0.15) is 0 Å². The van der Waals surface area contributed by atoms with Crippen LogP contribution in [0.5, 0.6) is 0 Å². The molecule has 0 bridgehead atoms. The van der Waals surface area contributed by atoms with Gasteiger partial charge in [-0.05, 0) is 38.9 Å². The van der Waals surface area contributed by atoms with Crippen molar-refractivity contribution in [2.24, 2.45) is 0 Å². The minimum atomic E-state index is -0.189. The number of piperazine rings is 1. The Labute approximate surface area is 122 Å². The number of hydrogen-bond acceptors (Lipinski definition) is 5. The molecule has 2 unspecified atom stereocenters. The van der Waals surface area contributed by atoms with E-state index in [2.05, 4.69) is 20.0 Å². The summed E-state index contributed by atoms with van der Waals surface area (Å²) in [5.41, 5.74) is 0. The second kappa shape index (κ2) is 7.18. The fraction of sp³-hybridized carbons (Fsp3) is 1.00. The molecule has 0 aromatic rings. The predicted molar refractivity (Wildman–Crippen MR) is 81.0 cm³/mol. The Morgan fingerprint density at radius 3 is 2.40 bits per heavy atom. The molecule has 3 aliphatic rings. The molecule has 3 fully saturated rings. The van der Waals surface area contributed by atoms with Crippen molar-refractivity contribution in [3.63, 3.8) is 0 Å². The fourth-order valence-electron chi connectivity index (χ4n) is 3.93. The molecular weight excluding hydrogens is 252 g/mol. The molecule has 20 heavy (non-hydrogen) atoms. The Hall–Kier alpha value is -0.200. The highest BCUT2D eigenvalue weighted by Gasteiger charge is 2.30. The van der Waals surface area contributed by atoms with Crippen LogP contribution in [0, 0.1) is 0 Å². The van der Waals surface area contributed by atoms with Gasteiger partial charge in [-0.25, -0.2) is 0 Å². The molecule has 116 valence electrons. The van der Waals surface area contributed by atoms with E-state index in [-0.39, 0.29) is 6.10 Å². The highest BCUT2D eigenvalue weighted by Crippen LogP contribution is 2.20. The molecule has 0 spiro atoms. The first kappa shape index (κ1) is 14.7. The van der Waals surface area contributed by atoms with E-state index >= 15 is 0 Å². The highest BCUT2D eigenvalue weighted by molar-refractivity contribution is 4.86. The maximum Gasteiger partial charge on any atom is 0.0793 e. The van der Waals surface area contributed by atoms with Gasteiger partial charge >= 0.3 is 0 Å². The van der Waals surface area contributed by atoms with E-state index in [4.69, 9.17) is 0 Å². The zero-order chi connectivity index (χ0) is 13.8. The normalized spacial score (nSPS) is 31.9. The first-order valence-electron chi connectivity index (χ1n) is 8.39. The first-order valence-corrected chi connectivity index (χ1v) is 8.39. The Bertz CT molecular complexity index is 290. The summed E-state index contributed by atoms with van der Waals surface area (Å²) in [7, 11) is 0. The molecule has 0 aliphatic carbocycles. The van der Waals surface area contributed by atoms with Crippen molar-refractivity contribution in [1.82, 2.24) is 20.0 Å². The minimum absolute atomic E-state index is 0.189. The monoisotopic (exact) mass is 282 g/mol. The third-order valence-electron chi connectivity index (χ3n) is 5.05. The first-order chi connectivity index (χ1) is 9.81. The van der Waals surface area contributed by atoms with Crippen LogP contribution in [-0.2, 0) is 0 Å². The average molecular weight is 282 g/mol. The van der Waals surface area contributed by atoms with E-state index in [9.17, 15) is 5.11 Å². The van der Waals surface area contributed by atoms with E-state index in [1.807, 2.05) is 0 Å². The lowest BCUT2D eigenvalue weighted by Gasteiger charge is -2.30. The van der Waals surface area contributed by atoms with Gasteiger partial charge in [0.05, 0.1) is 6.10 Å². The van der Waals surface area contributed by atoms with Gasteiger partial charge in [0.2, 0.25) is 0 Å². The van der Waals surface area contributed by atoms with E-state index in [1.54, 1.807) is 0 Å². The van der Waals surface area contributed by atoms with Crippen molar-refractivity contribution in [3.05, 3.63) is 0 Å². The van der Waals surface area contributed by atoms with Crippen LogP contribution in [0.1, 0.15) is 19.3 Å². The number of nitrogens with one attached hydrogen (secondary N) is 1. The number of aliphatic hydroxyl groups excluding tert-OH is 1. The smallest absolute Gasteiger partial charge is 0.0793 e. The van der Waals surface area contributed by atoms with Crippen LogP contribution in [-0.4, -0.2) is 97.4 Å². The molecule has 0 aromatic carbocycles. The van der Waals surface area contributed by atoms with Crippen molar-refractivity contribution >= 4 is 0 Å². The van der Waals surface area contributed by atoms with Gasteiger partial charge in [-0.3, -0.25) is 14.7 Å². The Balaban J connectivity index is 1.37. The predicted octanol–water partition coefficient (Wildman–Crippen LogP) is -0.577. The number of likely N-dealkylation sites (tertiary alicyclic amines) is 2. The van der Waals surface area contributed by atoms with Crippen LogP contribution in [0.4, 0.5) is 0 Å². The van der Waals surface area contributed by atoms with Crippen molar-refractivity contribution in [2.75, 3.05) is 65.4 Å². The quantitative estimate of drug-likeness (QED) is 0.706. The van der Waals surface area contributed by atoms with Crippen molar-refractivity contribution in [2.45, 2.75) is 31.4 Å². The summed E-state index contributed by atoms with van der Waals surface area (Å²) in [5, 5.41) is 13.7. The van der Waals surface area contributed by atoms with Gasteiger partial charge in [0.1, 0.15) is 0 Å². The van der Waals surface area contributed by atoms with Crippen molar-refractivity contribution in [1.29, 1.82) is 0 Å². The molecule has 0 aromatic heterocycles. The van der Waals surface area contributed by atoms with Crippen molar-refractivity contribution in [3.8, 4) is 0 Å². The molecule has 0 saturated carbocycles. The summed E-state index contributed by atoms with van der Waals surface area (Å²) in [5.74, 6) is 0. The van der Waals surface area contributed by atoms with E-state index < -0.39 is 0 Å². The van der Waals surface area contributed by atoms with Crippen LogP contribution in [0.25, 0.3) is 0 Å². The molecule has 3 aliphatic heterocycles. The summed E-state index contributed by atoms with van der Waals surface area (Å²) < 4.78 is 0. The van der Waals surface area contributed by atoms with Crippen LogP contribution in [0.3, 0.4) is 0 Å². The maximum atomic E-state index is 10.3. The summed E-state index contributed by atoms with van der Waals surface area (Å²) in [6.45, 7) is 10.9. The summed E-state index contributed by atoms with van der Waals surface area (Å²) in [6, 6.07) is 0.754. The van der Waals surface area contributed by atoms with Gasteiger partial charge in [-0.15, -0.1) is 0 Å². The fourth-order valence-corrected chi connectivity index (χ4v) is 3.93. The molecule has 0 amide bonds. The van der Waals surface area contributed by atoms with E-state index in [0.29, 0.717) is 0 Å². The van der Waals surface area contributed by atoms with Gasteiger partial charge in [0.15, 0.2) is 0 Å². The Morgan fingerprint density at radius 2 is 1.65 bits per heavy atom. The minimum Gasteiger partial charge on any atom is -0.390 e. The Kier molecular flexibility index (Phi) is 5.29. The molecule has 3 saturated heterocycles. The molecule has 5 heteroatoms. The SMILES string of the molecule is OC(CN1CCNCC1)CN1CCC(N2CCCC2)C1. The number of β-amino-alcohol motifs (C(OH)–C–C–N with tert-alkyl or cyclic N) is 1. The average Bonchev–Trinajstić information content (AvgIpc) is 3.10. The highest BCUT2D eigenvalue weighted by atomic mass is 16.3. The molecule has 3 heterocycles. The third kappa shape index (κ3) is 3.92. The summed E-state index contributed by atoms with van der Waals surface area (Å²) in [6.07, 6.45) is 3.86. The summed E-state index contributed by atoms with van der Waals surface area (Å²) >= 11 is 0. The molecule has 0 radical (unpaired) electrons. The van der Waals surface area contributed by atoms with Crippen LogP contribution < -0.4 is 5.32 Å². The lowest BCUT2D eigenvalue weighted by molar-refractivity contribution is 0.0742. The van der Waals surface area contributed by atoms with Crippen LogP contribution in [0.15, 0.2) is 0 Å². The third-order valence-corrected chi connectivity index (χ3v) is 5.05. The molecule has 5 nitrogen and oxygen atoms in total. The lowest BCUT2D eigenvalue weighted by Crippen LogP contribution is -2.48. The summed E-state index contributed by atoms with van der Waals surface area (Å²) in [4.78, 5) is 7.51. The van der Waals surface area contributed by atoms with Crippen LogP contribution in [0.2, 0.25) is 0 Å². The van der Waals surface area contributed by atoms with E-state index in [1.165, 1.54) is 45.4 Å². The second-order valence-electron chi connectivity index (χ2n) is 6.65. The number of rotatable bonds is 5.